The summed E-state index contributed by atoms with van der Waals surface area (Å²) >= 11 is 3.17. The van der Waals surface area contributed by atoms with Crippen LogP contribution in [-0.4, -0.2) is 17.6 Å². The highest BCUT2D eigenvalue weighted by molar-refractivity contribution is 9.10. The fourth-order valence-corrected chi connectivity index (χ4v) is 3.05. The topological polar surface area (TPSA) is 48.3 Å². The molecule has 0 atom stereocenters. The highest BCUT2D eigenvalue weighted by atomic mass is 79.9. The average Bonchev–Trinajstić information content (AvgIpc) is 3.28. The monoisotopic (exact) mass is 353 g/mol. The van der Waals surface area contributed by atoms with E-state index < -0.39 is 17.2 Å². The lowest BCUT2D eigenvalue weighted by Gasteiger charge is -2.14. The summed E-state index contributed by atoms with van der Waals surface area (Å²) in [5.41, 5.74) is 0.338. The van der Waals surface area contributed by atoms with E-state index in [9.17, 15) is 14.0 Å². The van der Waals surface area contributed by atoms with Gasteiger partial charge in [-0.15, -0.1) is 0 Å². The van der Waals surface area contributed by atoms with Crippen LogP contribution in [0.3, 0.4) is 0 Å². The van der Waals surface area contributed by atoms with E-state index in [1.54, 1.807) is 13.0 Å². The molecular formula is C15H13BrFNO3. The first-order valence-corrected chi connectivity index (χ1v) is 7.36. The van der Waals surface area contributed by atoms with Gasteiger partial charge in [-0.25, -0.2) is 9.18 Å². The lowest BCUT2D eigenvalue weighted by atomic mass is 10.1. The number of pyridine rings is 1. The van der Waals surface area contributed by atoms with E-state index in [4.69, 9.17) is 0 Å². The molecule has 0 N–H and O–H groups in total. The first-order chi connectivity index (χ1) is 9.95. The van der Waals surface area contributed by atoms with Crippen molar-refractivity contribution in [3.63, 3.8) is 0 Å². The molecule has 0 unspecified atom stereocenters. The van der Waals surface area contributed by atoms with E-state index in [1.165, 1.54) is 13.3 Å². The summed E-state index contributed by atoms with van der Waals surface area (Å²) < 4.78 is 20.9. The number of methoxy groups -OCH3 is 1. The van der Waals surface area contributed by atoms with Crippen molar-refractivity contribution in [3.8, 4) is 0 Å². The number of aryl methyl sites for hydroxylation is 1. The zero-order valence-corrected chi connectivity index (χ0v) is 13.2. The summed E-state index contributed by atoms with van der Waals surface area (Å²) in [5.74, 6) is -1.18. The Morgan fingerprint density at radius 1 is 1.48 bits per heavy atom. The standard InChI is InChI=1S/C15H13BrFNO3/c1-7-12-11(5-10(16)13(7)17)18(8-3-4-8)6-9(14(12)19)15(20)21-2/h5-6,8H,3-4H2,1-2H3. The predicted molar refractivity (Wildman–Crippen MR) is 80.2 cm³/mol. The molecule has 1 aliphatic rings. The fraction of sp³-hybridized carbons (Fsp3) is 0.333. The van der Waals surface area contributed by atoms with Crippen LogP contribution in [0.5, 0.6) is 0 Å². The number of halogens is 2. The number of esters is 1. The van der Waals surface area contributed by atoms with Crippen LogP contribution in [0.25, 0.3) is 10.9 Å². The molecule has 0 amide bonds. The van der Waals surface area contributed by atoms with Gasteiger partial charge in [0.15, 0.2) is 0 Å². The van der Waals surface area contributed by atoms with Gasteiger partial charge in [0.2, 0.25) is 5.43 Å². The van der Waals surface area contributed by atoms with Crippen LogP contribution in [-0.2, 0) is 4.74 Å². The van der Waals surface area contributed by atoms with Crippen LogP contribution in [0.4, 0.5) is 4.39 Å². The molecule has 4 nitrogen and oxygen atoms in total. The zero-order valence-electron chi connectivity index (χ0n) is 11.6. The molecule has 0 aliphatic heterocycles. The molecule has 6 heteroatoms. The summed E-state index contributed by atoms with van der Waals surface area (Å²) in [6, 6.07) is 1.84. The van der Waals surface area contributed by atoms with E-state index in [0.29, 0.717) is 9.99 Å². The number of nitrogens with zero attached hydrogens (tertiary/aromatic N) is 1. The molecule has 21 heavy (non-hydrogen) atoms. The number of benzene rings is 1. The molecule has 1 aromatic carbocycles. The molecule has 1 fully saturated rings. The Balaban J connectivity index is 2.47. The van der Waals surface area contributed by atoms with E-state index in [1.807, 2.05) is 4.57 Å². The molecule has 1 aromatic heterocycles. The van der Waals surface area contributed by atoms with Crippen molar-refractivity contribution >= 4 is 32.8 Å². The van der Waals surface area contributed by atoms with E-state index in [2.05, 4.69) is 20.7 Å². The van der Waals surface area contributed by atoms with Gasteiger partial charge in [0.25, 0.3) is 0 Å². The molecular weight excluding hydrogens is 341 g/mol. The van der Waals surface area contributed by atoms with E-state index in [0.717, 1.165) is 12.8 Å². The minimum absolute atomic E-state index is 0.0540. The van der Waals surface area contributed by atoms with Crippen LogP contribution in [0, 0.1) is 12.7 Å². The SMILES string of the molecule is COC(=O)c1cn(C2CC2)c2cc(Br)c(F)c(C)c2c1=O. The zero-order chi connectivity index (χ0) is 15.3. The summed E-state index contributed by atoms with van der Waals surface area (Å²) in [4.78, 5) is 24.3. The summed E-state index contributed by atoms with van der Waals surface area (Å²) in [6.45, 7) is 1.54. The molecule has 0 spiro atoms. The van der Waals surface area contributed by atoms with Crippen molar-refractivity contribution in [2.75, 3.05) is 7.11 Å². The summed E-state index contributed by atoms with van der Waals surface area (Å²) in [5, 5.41) is 0.241. The second-order valence-corrected chi connectivity index (χ2v) is 6.05. The largest absolute Gasteiger partial charge is 0.465 e. The molecule has 1 heterocycles. The summed E-state index contributed by atoms with van der Waals surface area (Å²) in [6.07, 6.45) is 3.48. The number of aromatic nitrogens is 1. The quantitative estimate of drug-likeness (QED) is 0.778. The molecule has 1 saturated carbocycles. The minimum atomic E-state index is -0.695. The number of carbonyl (C=O) groups excluding carboxylic acids is 1. The Hall–Kier alpha value is -1.69. The maximum atomic E-state index is 14.1. The van der Waals surface area contributed by atoms with Gasteiger partial charge < -0.3 is 9.30 Å². The van der Waals surface area contributed by atoms with Gasteiger partial charge in [0.1, 0.15) is 11.4 Å². The van der Waals surface area contributed by atoms with Crippen LogP contribution in [0.1, 0.15) is 34.8 Å². The first-order valence-electron chi connectivity index (χ1n) is 6.57. The van der Waals surface area contributed by atoms with Crippen molar-refractivity contribution in [2.24, 2.45) is 0 Å². The second kappa shape index (κ2) is 4.94. The maximum Gasteiger partial charge on any atom is 0.343 e. The Morgan fingerprint density at radius 2 is 2.14 bits per heavy atom. The molecule has 2 aromatic rings. The number of carbonyl (C=O) groups is 1. The van der Waals surface area contributed by atoms with Crippen molar-refractivity contribution in [1.29, 1.82) is 0 Å². The Labute approximate surface area is 128 Å². The fourth-order valence-electron chi connectivity index (χ4n) is 2.54. The molecule has 0 bridgehead atoms. The molecule has 3 rings (SSSR count). The third kappa shape index (κ3) is 2.18. The predicted octanol–water partition coefficient (Wildman–Crippen LogP) is 3.33. The van der Waals surface area contributed by atoms with Crippen LogP contribution >= 0.6 is 15.9 Å². The number of ether oxygens (including phenoxy) is 1. The highest BCUT2D eigenvalue weighted by Gasteiger charge is 2.28. The minimum Gasteiger partial charge on any atom is -0.465 e. The number of rotatable bonds is 2. The van der Waals surface area contributed by atoms with Crippen LogP contribution in [0.2, 0.25) is 0 Å². The molecule has 110 valence electrons. The third-order valence-corrected chi connectivity index (χ3v) is 4.37. The third-order valence-electron chi connectivity index (χ3n) is 3.80. The van der Waals surface area contributed by atoms with Gasteiger partial charge in [0, 0.05) is 12.2 Å². The van der Waals surface area contributed by atoms with Gasteiger partial charge >= 0.3 is 5.97 Å². The maximum absolute atomic E-state index is 14.1. The van der Waals surface area contributed by atoms with Crippen molar-refractivity contribution in [2.45, 2.75) is 25.8 Å². The van der Waals surface area contributed by atoms with Crippen LogP contribution in [0.15, 0.2) is 21.5 Å². The normalized spacial score (nSPS) is 14.5. The number of hydrogen-bond donors (Lipinski definition) is 0. The van der Waals surface area contributed by atoms with E-state index in [-0.39, 0.29) is 22.6 Å². The number of fused-ring (bicyclic) bond motifs is 1. The Kier molecular flexibility index (Phi) is 3.36. The van der Waals surface area contributed by atoms with Crippen molar-refractivity contribution in [3.05, 3.63) is 43.9 Å². The Morgan fingerprint density at radius 3 is 2.71 bits per heavy atom. The van der Waals surface area contributed by atoms with Crippen LogP contribution < -0.4 is 5.43 Å². The number of hydrogen-bond acceptors (Lipinski definition) is 3. The van der Waals surface area contributed by atoms with Gasteiger partial charge in [-0.3, -0.25) is 4.79 Å². The molecule has 0 radical (unpaired) electrons. The Bertz CT molecular complexity index is 824. The lowest BCUT2D eigenvalue weighted by Crippen LogP contribution is -2.21. The van der Waals surface area contributed by atoms with Gasteiger partial charge in [-0.2, -0.15) is 0 Å². The van der Waals surface area contributed by atoms with Gasteiger partial charge in [-0.1, -0.05) is 0 Å². The van der Waals surface area contributed by atoms with Crippen molar-refractivity contribution < 1.29 is 13.9 Å². The average molecular weight is 354 g/mol. The first kappa shape index (κ1) is 14.3. The smallest absolute Gasteiger partial charge is 0.343 e. The molecule has 0 saturated heterocycles. The van der Waals surface area contributed by atoms with Gasteiger partial charge in [-0.05, 0) is 47.3 Å². The van der Waals surface area contributed by atoms with Crippen molar-refractivity contribution in [1.82, 2.24) is 4.57 Å². The van der Waals surface area contributed by atoms with E-state index >= 15 is 0 Å². The lowest BCUT2D eigenvalue weighted by molar-refractivity contribution is 0.0598. The second-order valence-electron chi connectivity index (χ2n) is 5.19. The molecule has 1 aliphatic carbocycles. The summed E-state index contributed by atoms with van der Waals surface area (Å²) in [7, 11) is 1.22. The van der Waals surface area contributed by atoms with Gasteiger partial charge in [0.05, 0.1) is 22.5 Å². The highest BCUT2D eigenvalue weighted by Crippen LogP contribution is 2.38.